The molecule has 1 fully saturated rings. The molecular formula is C26H65FO14Si7. The minimum atomic E-state index is -2.96. The topological polar surface area (TPSA) is 129 Å². The standard InChI is InChI=1S/C26H65FO14Si7/c1-28-46(29-2,30-3)23-15-20-43(11)38-42(10,19-14-18-37-26-27)39-44(12,21-16-24-47(31-4,32-5)33-6)41-45(13,40-43)22-17-25-48(34-7,35-8)36-9/h14-26H2,1-13H3. The summed E-state index contributed by atoms with van der Waals surface area (Å²) < 4.78 is 98.1. The molecule has 0 saturated carbocycles. The van der Waals surface area contributed by atoms with Gasteiger partial charge in [0.15, 0.2) is 6.86 Å². The van der Waals surface area contributed by atoms with Crippen LogP contribution in [0.5, 0.6) is 0 Å². The molecule has 1 rings (SSSR count). The van der Waals surface area contributed by atoms with Crippen molar-refractivity contribution in [3.63, 3.8) is 0 Å². The van der Waals surface area contributed by atoms with E-state index in [0.717, 1.165) is 6.42 Å². The van der Waals surface area contributed by atoms with Crippen LogP contribution in [0.1, 0.15) is 25.7 Å². The van der Waals surface area contributed by atoms with Crippen LogP contribution in [0, 0.1) is 0 Å². The lowest BCUT2D eigenvalue weighted by molar-refractivity contribution is 0.0574. The van der Waals surface area contributed by atoms with E-state index in [0.29, 0.717) is 61.6 Å². The number of halogens is 1. The Kier molecular flexibility index (Phi) is 21.1. The van der Waals surface area contributed by atoms with Crippen molar-refractivity contribution in [2.45, 2.75) is 94.2 Å². The first-order chi connectivity index (χ1) is 22.6. The molecule has 0 aromatic rings. The summed E-state index contributed by atoms with van der Waals surface area (Å²) in [6, 6.07) is 4.41. The van der Waals surface area contributed by atoms with Crippen LogP contribution in [0.3, 0.4) is 0 Å². The fraction of sp³-hybridized carbons (Fsp3) is 1.00. The van der Waals surface area contributed by atoms with Gasteiger partial charge in [-0.05, 0) is 76.0 Å². The van der Waals surface area contributed by atoms with Crippen LogP contribution in [-0.2, 0) is 61.0 Å². The fourth-order valence-corrected chi connectivity index (χ4v) is 35.9. The highest BCUT2D eigenvalue weighted by molar-refractivity contribution is 6.94. The average Bonchev–Trinajstić information content (AvgIpc) is 3.05. The Hall–Kier alpha value is 0.888. The number of alkyl halides is 1. The monoisotopic (exact) mass is 816 g/mol. The Bertz CT molecular complexity index is 825. The molecule has 0 aromatic heterocycles. The molecule has 1 aliphatic heterocycles. The van der Waals surface area contributed by atoms with Crippen molar-refractivity contribution in [3.8, 4) is 0 Å². The Labute approximate surface area is 296 Å². The number of hydrogen-bond donors (Lipinski definition) is 0. The summed E-state index contributed by atoms with van der Waals surface area (Å²) in [4.78, 5) is 0. The summed E-state index contributed by atoms with van der Waals surface area (Å²) in [7, 11) is -5.73. The van der Waals surface area contributed by atoms with E-state index in [4.69, 9.17) is 61.0 Å². The fourth-order valence-electron chi connectivity index (χ4n) is 6.41. The van der Waals surface area contributed by atoms with E-state index in [1.807, 2.05) is 0 Å². The van der Waals surface area contributed by atoms with Crippen molar-refractivity contribution in [2.24, 2.45) is 0 Å². The normalized spacial score (nSPS) is 27.6. The molecule has 2 atom stereocenters. The molecule has 1 heterocycles. The van der Waals surface area contributed by atoms with Crippen LogP contribution in [0.25, 0.3) is 0 Å². The van der Waals surface area contributed by atoms with Crippen LogP contribution < -0.4 is 0 Å². The van der Waals surface area contributed by atoms with Gasteiger partial charge in [-0.1, -0.05) is 0 Å². The van der Waals surface area contributed by atoms with Crippen LogP contribution in [0.4, 0.5) is 4.39 Å². The molecule has 2 unspecified atom stereocenters. The second kappa shape index (κ2) is 21.6. The maximum atomic E-state index is 12.8. The molecule has 0 aliphatic carbocycles. The lowest BCUT2D eigenvalue weighted by atomic mass is 10.5. The molecule has 0 aromatic carbocycles. The lowest BCUT2D eigenvalue weighted by Gasteiger charge is -2.50. The van der Waals surface area contributed by atoms with Crippen LogP contribution >= 0.6 is 0 Å². The molecule has 0 amide bonds. The molecule has 14 nitrogen and oxygen atoms in total. The van der Waals surface area contributed by atoms with E-state index < -0.39 is 67.5 Å². The second-order valence-corrected chi connectivity index (χ2v) is 36.1. The molecule has 288 valence electrons. The van der Waals surface area contributed by atoms with E-state index in [1.54, 1.807) is 64.0 Å². The Morgan fingerprint density at radius 3 is 0.854 bits per heavy atom. The molecule has 0 N–H and O–H groups in total. The van der Waals surface area contributed by atoms with E-state index in [2.05, 4.69) is 26.2 Å². The van der Waals surface area contributed by atoms with Crippen molar-refractivity contribution < 1.29 is 65.4 Å². The van der Waals surface area contributed by atoms with E-state index >= 15 is 0 Å². The zero-order valence-electron chi connectivity index (χ0n) is 31.8. The average molecular weight is 817 g/mol. The van der Waals surface area contributed by atoms with Crippen molar-refractivity contribution >= 4 is 60.7 Å². The van der Waals surface area contributed by atoms with Gasteiger partial charge in [0.05, 0.1) is 0 Å². The van der Waals surface area contributed by atoms with Gasteiger partial charge < -0.3 is 61.0 Å². The number of rotatable bonds is 26. The summed E-state index contributed by atoms with van der Waals surface area (Å²) in [5, 5.41) is 0. The highest BCUT2D eigenvalue weighted by Gasteiger charge is 2.57. The highest BCUT2D eigenvalue weighted by atomic mass is 28.5. The first-order valence-electron chi connectivity index (χ1n) is 16.5. The van der Waals surface area contributed by atoms with Gasteiger partial charge in [-0.3, -0.25) is 0 Å². The van der Waals surface area contributed by atoms with Crippen LogP contribution in [0.2, 0.25) is 68.5 Å². The lowest BCUT2D eigenvalue weighted by Crippen LogP contribution is -2.67. The van der Waals surface area contributed by atoms with Gasteiger partial charge in [0.2, 0.25) is 0 Å². The Morgan fingerprint density at radius 1 is 0.417 bits per heavy atom. The van der Waals surface area contributed by atoms with Crippen LogP contribution in [0.15, 0.2) is 0 Å². The third-order valence-electron chi connectivity index (χ3n) is 8.86. The number of hydrogen-bond acceptors (Lipinski definition) is 14. The molecule has 1 saturated heterocycles. The molecule has 0 spiro atoms. The largest absolute Gasteiger partial charge is 0.500 e. The molecular weight excluding hydrogens is 752 g/mol. The zero-order chi connectivity index (χ0) is 36.6. The van der Waals surface area contributed by atoms with E-state index in [-0.39, 0.29) is 6.61 Å². The third kappa shape index (κ3) is 14.4. The predicted molar refractivity (Wildman–Crippen MR) is 195 cm³/mol. The van der Waals surface area contributed by atoms with Gasteiger partial charge in [0, 0.05) is 88.7 Å². The Morgan fingerprint density at radius 2 is 0.646 bits per heavy atom. The van der Waals surface area contributed by atoms with E-state index in [1.165, 1.54) is 0 Å². The van der Waals surface area contributed by atoms with Crippen LogP contribution in [-0.4, -0.2) is 138 Å². The molecule has 0 bridgehead atoms. The smallest absolute Gasteiger partial charge is 0.416 e. The van der Waals surface area contributed by atoms with Crippen molar-refractivity contribution in [3.05, 3.63) is 0 Å². The Balaban J connectivity index is 3.52. The summed E-state index contributed by atoms with van der Waals surface area (Å²) in [6.07, 6.45) is 2.73. The molecule has 22 heteroatoms. The van der Waals surface area contributed by atoms with Gasteiger partial charge >= 0.3 is 60.7 Å². The van der Waals surface area contributed by atoms with Gasteiger partial charge in [-0.15, -0.1) is 0 Å². The van der Waals surface area contributed by atoms with Gasteiger partial charge in [-0.2, -0.15) is 0 Å². The van der Waals surface area contributed by atoms with Crippen molar-refractivity contribution in [1.82, 2.24) is 0 Å². The van der Waals surface area contributed by atoms with E-state index in [9.17, 15) is 4.39 Å². The minimum Gasteiger partial charge on any atom is -0.416 e. The maximum Gasteiger partial charge on any atom is 0.500 e. The SMILES string of the molecule is CO[Si](CCC[Si]1(C)O[Si](C)(CCCOCF)O[Si](C)(CCC[Si](OC)(OC)OC)O[Si](C)(CCC[Si](OC)(OC)OC)O1)(OC)OC. The summed E-state index contributed by atoms with van der Waals surface area (Å²) in [5.74, 6) is 0. The van der Waals surface area contributed by atoms with Gasteiger partial charge in [0.25, 0.3) is 0 Å². The zero-order valence-corrected chi connectivity index (χ0v) is 38.8. The minimum absolute atomic E-state index is 0.272. The summed E-state index contributed by atoms with van der Waals surface area (Å²) >= 11 is 0. The molecule has 0 radical (unpaired) electrons. The van der Waals surface area contributed by atoms with Gasteiger partial charge in [-0.25, -0.2) is 4.39 Å². The summed E-state index contributed by atoms with van der Waals surface area (Å²) in [6.45, 7) is 7.83. The quantitative estimate of drug-likeness (QED) is 0.0806. The maximum absolute atomic E-state index is 12.8. The molecule has 48 heavy (non-hydrogen) atoms. The van der Waals surface area contributed by atoms with Crippen molar-refractivity contribution in [1.29, 1.82) is 0 Å². The molecule has 1 aliphatic rings. The first-order valence-corrected chi connectivity index (χ1v) is 32.4. The highest BCUT2D eigenvalue weighted by Crippen LogP contribution is 2.40. The predicted octanol–water partition coefficient (Wildman–Crippen LogP) is 5.49. The number of ether oxygens (including phenoxy) is 1. The first kappa shape index (κ1) is 46.9. The second-order valence-electron chi connectivity index (χ2n) is 12.5. The summed E-state index contributed by atoms with van der Waals surface area (Å²) in [5.41, 5.74) is 0. The van der Waals surface area contributed by atoms with Gasteiger partial charge in [0.1, 0.15) is 0 Å². The van der Waals surface area contributed by atoms with Crippen molar-refractivity contribution in [2.75, 3.05) is 77.5 Å². The third-order valence-corrected chi connectivity index (χ3v) is 36.2.